The van der Waals surface area contributed by atoms with E-state index in [1.165, 1.54) is 13.2 Å². The van der Waals surface area contributed by atoms with Crippen molar-refractivity contribution in [2.45, 2.75) is 37.9 Å². The molecule has 1 heterocycles. The molecule has 0 saturated carbocycles. The van der Waals surface area contributed by atoms with E-state index in [4.69, 9.17) is 0 Å². The molecule has 24 heavy (non-hydrogen) atoms. The van der Waals surface area contributed by atoms with Gasteiger partial charge in [-0.2, -0.15) is 13.2 Å². The molecule has 1 aromatic rings. The van der Waals surface area contributed by atoms with Crippen LogP contribution < -0.4 is 4.90 Å². The highest BCUT2D eigenvalue weighted by atomic mass is 19.4. The molecule has 1 fully saturated rings. The molecular weight excluding hydrogens is 329 g/mol. The molecule has 2 rings (SSSR count). The van der Waals surface area contributed by atoms with E-state index < -0.39 is 28.3 Å². The van der Waals surface area contributed by atoms with Gasteiger partial charge in [0.25, 0.3) is 5.69 Å². The number of anilines is 1. The average molecular weight is 346 g/mol. The minimum absolute atomic E-state index is 0.0643. The van der Waals surface area contributed by atoms with Gasteiger partial charge >= 0.3 is 12.1 Å². The number of nitro groups is 1. The van der Waals surface area contributed by atoms with Crippen molar-refractivity contribution in [1.29, 1.82) is 0 Å². The van der Waals surface area contributed by atoms with Gasteiger partial charge in [0.1, 0.15) is 5.56 Å². The summed E-state index contributed by atoms with van der Waals surface area (Å²) in [5.74, 6) is -0.440. The van der Waals surface area contributed by atoms with Crippen molar-refractivity contribution >= 4 is 17.3 Å². The fourth-order valence-corrected chi connectivity index (χ4v) is 2.92. The molecular formula is C15H17F3N2O4. The van der Waals surface area contributed by atoms with Crippen molar-refractivity contribution in [3.05, 3.63) is 33.9 Å². The van der Waals surface area contributed by atoms with Crippen molar-refractivity contribution in [2.75, 3.05) is 18.6 Å². The summed E-state index contributed by atoms with van der Waals surface area (Å²) in [5, 5.41) is 10.8. The van der Waals surface area contributed by atoms with E-state index in [0.717, 1.165) is 25.0 Å². The van der Waals surface area contributed by atoms with Gasteiger partial charge in [-0.05, 0) is 31.4 Å². The normalized spacial score (nSPS) is 18.3. The van der Waals surface area contributed by atoms with Gasteiger partial charge in [-0.1, -0.05) is 0 Å². The largest absolute Gasteiger partial charge is 0.469 e. The van der Waals surface area contributed by atoms with Crippen LogP contribution >= 0.6 is 0 Å². The van der Waals surface area contributed by atoms with Gasteiger partial charge in [0.05, 0.1) is 18.5 Å². The minimum Gasteiger partial charge on any atom is -0.469 e. The lowest BCUT2D eigenvalue weighted by molar-refractivity contribution is -0.388. The maximum absolute atomic E-state index is 13.1. The highest BCUT2D eigenvalue weighted by Crippen LogP contribution is 2.39. The summed E-state index contributed by atoms with van der Waals surface area (Å²) < 4.78 is 44.0. The number of carbonyl (C=O) groups is 1. The molecule has 0 spiro atoms. The molecule has 9 heteroatoms. The van der Waals surface area contributed by atoms with E-state index in [9.17, 15) is 28.1 Å². The zero-order chi connectivity index (χ0) is 17.9. The highest BCUT2D eigenvalue weighted by Gasteiger charge is 2.39. The molecule has 1 aromatic carbocycles. The molecule has 1 aliphatic rings. The summed E-state index contributed by atoms with van der Waals surface area (Å²) in [6.45, 7) is 0.483. The number of carbonyl (C=O) groups excluding carboxylic acids is 1. The first kappa shape index (κ1) is 18.0. The van der Waals surface area contributed by atoms with E-state index >= 15 is 0 Å². The van der Waals surface area contributed by atoms with Gasteiger partial charge in [-0.3, -0.25) is 14.9 Å². The first-order valence-electron chi connectivity index (χ1n) is 7.43. The highest BCUT2D eigenvalue weighted by molar-refractivity contribution is 5.71. The van der Waals surface area contributed by atoms with Crippen molar-refractivity contribution in [3.8, 4) is 0 Å². The Morgan fingerprint density at radius 3 is 2.71 bits per heavy atom. The van der Waals surface area contributed by atoms with E-state index in [1.807, 2.05) is 0 Å². The average Bonchev–Trinajstić information content (AvgIpc) is 2.53. The zero-order valence-electron chi connectivity index (χ0n) is 13.0. The summed E-state index contributed by atoms with van der Waals surface area (Å²) in [7, 11) is 1.25. The number of ether oxygens (including phenoxy) is 1. The summed E-state index contributed by atoms with van der Waals surface area (Å²) in [6.07, 6.45) is -2.48. The van der Waals surface area contributed by atoms with Crippen LogP contribution in [-0.4, -0.2) is 30.6 Å². The standard InChI is InChI=1S/C15H17F3N2O4/c1-24-14(21)9-10-4-2-3-7-19(10)11-5-6-13(20(22)23)12(8-11)15(16,17)18/h5-6,8,10H,2-4,7,9H2,1H3. The van der Waals surface area contributed by atoms with Crippen molar-refractivity contribution < 1.29 is 27.6 Å². The Morgan fingerprint density at radius 1 is 1.42 bits per heavy atom. The number of nitrogens with zero attached hydrogens (tertiary/aromatic N) is 2. The van der Waals surface area contributed by atoms with E-state index in [1.54, 1.807) is 4.90 Å². The fraction of sp³-hybridized carbons (Fsp3) is 0.533. The van der Waals surface area contributed by atoms with Gasteiger partial charge in [0.2, 0.25) is 0 Å². The van der Waals surface area contributed by atoms with Crippen molar-refractivity contribution in [3.63, 3.8) is 0 Å². The number of piperidine rings is 1. The Labute approximate surface area is 136 Å². The van der Waals surface area contributed by atoms with Crippen LogP contribution in [0.5, 0.6) is 0 Å². The SMILES string of the molecule is COC(=O)CC1CCCCN1c1ccc([N+](=O)[O-])c(C(F)(F)F)c1. The van der Waals surface area contributed by atoms with E-state index in [-0.39, 0.29) is 18.2 Å². The van der Waals surface area contributed by atoms with Gasteiger partial charge in [0, 0.05) is 24.3 Å². The van der Waals surface area contributed by atoms with Crippen LogP contribution in [0.25, 0.3) is 0 Å². The second-order valence-electron chi connectivity index (χ2n) is 5.58. The molecule has 0 aromatic heterocycles. The third-order valence-corrected chi connectivity index (χ3v) is 4.07. The number of methoxy groups -OCH3 is 1. The predicted molar refractivity (Wildman–Crippen MR) is 79.7 cm³/mol. The number of halogens is 3. The monoisotopic (exact) mass is 346 g/mol. The minimum atomic E-state index is -4.83. The van der Waals surface area contributed by atoms with E-state index in [0.29, 0.717) is 13.0 Å². The Hall–Kier alpha value is -2.32. The molecule has 1 unspecified atom stereocenters. The van der Waals surface area contributed by atoms with Crippen LogP contribution in [0, 0.1) is 10.1 Å². The molecule has 1 saturated heterocycles. The van der Waals surface area contributed by atoms with Crippen LogP contribution in [-0.2, 0) is 15.7 Å². The van der Waals surface area contributed by atoms with Crippen molar-refractivity contribution in [1.82, 2.24) is 0 Å². The lowest BCUT2D eigenvalue weighted by Crippen LogP contribution is -2.41. The molecule has 0 aliphatic carbocycles. The number of esters is 1. The van der Waals surface area contributed by atoms with Gasteiger partial charge in [-0.15, -0.1) is 0 Å². The first-order valence-corrected chi connectivity index (χ1v) is 7.43. The summed E-state index contributed by atoms with van der Waals surface area (Å²) >= 11 is 0. The second-order valence-corrected chi connectivity index (χ2v) is 5.58. The number of alkyl halides is 3. The van der Waals surface area contributed by atoms with Crippen LogP contribution in [0.1, 0.15) is 31.2 Å². The smallest absolute Gasteiger partial charge is 0.423 e. The van der Waals surface area contributed by atoms with Crippen molar-refractivity contribution in [2.24, 2.45) is 0 Å². The summed E-state index contributed by atoms with van der Waals surface area (Å²) in [5.41, 5.74) is -2.04. The summed E-state index contributed by atoms with van der Waals surface area (Å²) in [4.78, 5) is 23.0. The Morgan fingerprint density at radius 2 is 2.12 bits per heavy atom. The number of hydrogen-bond donors (Lipinski definition) is 0. The lowest BCUT2D eigenvalue weighted by atomic mass is 9.98. The lowest BCUT2D eigenvalue weighted by Gasteiger charge is -2.37. The Kier molecular flexibility index (Phi) is 5.30. The predicted octanol–water partition coefficient (Wildman–Crippen LogP) is 3.54. The van der Waals surface area contributed by atoms with E-state index in [2.05, 4.69) is 4.74 Å². The molecule has 0 N–H and O–H groups in total. The Bertz CT molecular complexity index is 634. The number of rotatable bonds is 4. The molecule has 132 valence electrons. The maximum Gasteiger partial charge on any atom is 0.423 e. The van der Waals surface area contributed by atoms with Crippen LogP contribution in [0.3, 0.4) is 0 Å². The molecule has 0 amide bonds. The molecule has 1 atom stereocenters. The maximum atomic E-state index is 13.1. The molecule has 0 bridgehead atoms. The van der Waals surface area contributed by atoms with Gasteiger partial charge < -0.3 is 9.64 Å². The fourth-order valence-electron chi connectivity index (χ4n) is 2.92. The van der Waals surface area contributed by atoms with Crippen LogP contribution in [0.2, 0.25) is 0 Å². The van der Waals surface area contributed by atoms with Crippen LogP contribution in [0.4, 0.5) is 24.5 Å². The molecule has 0 radical (unpaired) electrons. The molecule has 6 nitrogen and oxygen atoms in total. The zero-order valence-corrected chi connectivity index (χ0v) is 13.0. The molecule has 1 aliphatic heterocycles. The number of hydrogen-bond acceptors (Lipinski definition) is 5. The quantitative estimate of drug-likeness (QED) is 0.474. The third-order valence-electron chi connectivity index (χ3n) is 4.07. The number of benzene rings is 1. The topological polar surface area (TPSA) is 72.7 Å². The third kappa shape index (κ3) is 3.95. The van der Waals surface area contributed by atoms with Crippen LogP contribution in [0.15, 0.2) is 18.2 Å². The Balaban J connectivity index is 2.38. The first-order chi connectivity index (χ1) is 11.2. The second kappa shape index (κ2) is 7.06. The van der Waals surface area contributed by atoms with Gasteiger partial charge in [0.15, 0.2) is 0 Å². The van der Waals surface area contributed by atoms with Gasteiger partial charge in [-0.25, -0.2) is 0 Å². The summed E-state index contributed by atoms with van der Waals surface area (Å²) in [6, 6.07) is 2.66. The number of nitro benzene ring substituents is 1.